The zero-order chi connectivity index (χ0) is 13.8. The Morgan fingerprint density at radius 3 is 2.32 bits per heavy atom. The van der Waals surface area contributed by atoms with Crippen molar-refractivity contribution in [2.24, 2.45) is 0 Å². The van der Waals surface area contributed by atoms with Crippen molar-refractivity contribution in [3.05, 3.63) is 65.2 Å². The minimum Gasteiger partial charge on any atom is -0.346 e. The topological polar surface area (TPSA) is 12.0 Å². The lowest BCUT2D eigenvalue weighted by atomic mass is 10.0. The third-order valence-corrected chi connectivity index (χ3v) is 3.45. The summed E-state index contributed by atoms with van der Waals surface area (Å²) in [6, 6.07) is 16.7. The third-order valence-electron chi connectivity index (χ3n) is 3.12. The second-order valence-corrected chi connectivity index (χ2v) is 5.51. The number of benzene rings is 2. The van der Waals surface area contributed by atoms with E-state index in [0.717, 1.165) is 16.2 Å². The van der Waals surface area contributed by atoms with Crippen molar-refractivity contribution in [3.8, 4) is 0 Å². The van der Waals surface area contributed by atoms with Gasteiger partial charge >= 0.3 is 0 Å². The second-order valence-electron chi connectivity index (χ2n) is 5.10. The molecule has 98 valence electrons. The first-order chi connectivity index (χ1) is 9.06. The van der Waals surface area contributed by atoms with Crippen LogP contribution in [0.3, 0.4) is 0 Å². The highest BCUT2D eigenvalue weighted by molar-refractivity contribution is 7.81. The predicted molar refractivity (Wildman–Crippen MR) is 87.0 cm³/mol. The highest BCUT2D eigenvalue weighted by atomic mass is 32.1. The van der Waals surface area contributed by atoms with Gasteiger partial charge in [-0.2, -0.15) is 0 Å². The Labute approximate surface area is 120 Å². The smallest absolute Gasteiger partial charge is 0.110 e. The van der Waals surface area contributed by atoms with Gasteiger partial charge < -0.3 is 5.32 Å². The van der Waals surface area contributed by atoms with Crippen LogP contribution in [0.25, 0.3) is 0 Å². The first kappa shape index (κ1) is 13.8. The van der Waals surface area contributed by atoms with Crippen LogP contribution >= 0.6 is 12.2 Å². The summed E-state index contributed by atoms with van der Waals surface area (Å²) in [5.74, 6) is 0.553. The molecule has 0 heterocycles. The molecular weight excluding hydrogens is 250 g/mol. The fourth-order valence-corrected chi connectivity index (χ4v) is 2.19. The minimum atomic E-state index is 0.553. The van der Waals surface area contributed by atoms with Gasteiger partial charge in [-0.15, -0.1) is 0 Å². The van der Waals surface area contributed by atoms with Crippen LogP contribution in [0, 0.1) is 6.92 Å². The van der Waals surface area contributed by atoms with Crippen LogP contribution in [-0.4, -0.2) is 4.99 Å². The van der Waals surface area contributed by atoms with E-state index in [1.165, 1.54) is 11.1 Å². The summed E-state index contributed by atoms with van der Waals surface area (Å²) in [6.07, 6.45) is 0. The van der Waals surface area contributed by atoms with Crippen molar-refractivity contribution >= 4 is 22.9 Å². The Bertz CT molecular complexity index is 570. The maximum absolute atomic E-state index is 5.44. The maximum atomic E-state index is 5.44. The maximum Gasteiger partial charge on any atom is 0.110 e. The molecular formula is C17H19NS. The van der Waals surface area contributed by atoms with Crippen LogP contribution in [0.15, 0.2) is 48.5 Å². The Balaban J connectivity index is 2.10. The number of nitrogens with one attached hydrogen (secondary N) is 1. The molecule has 19 heavy (non-hydrogen) atoms. The molecule has 0 atom stereocenters. The summed E-state index contributed by atoms with van der Waals surface area (Å²) in [6.45, 7) is 6.46. The van der Waals surface area contributed by atoms with Crippen molar-refractivity contribution in [1.29, 1.82) is 0 Å². The van der Waals surface area contributed by atoms with Crippen molar-refractivity contribution < 1.29 is 0 Å². The summed E-state index contributed by atoms with van der Waals surface area (Å²) in [5.41, 5.74) is 4.66. The summed E-state index contributed by atoms with van der Waals surface area (Å²) in [5, 5.41) is 3.28. The van der Waals surface area contributed by atoms with Crippen LogP contribution in [0.2, 0.25) is 0 Å². The molecule has 0 aliphatic heterocycles. The summed E-state index contributed by atoms with van der Waals surface area (Å²) in [4.78, 5) is 0.765. The Morgan fingerprint density at radius 1 is 1.05 bits per heavy atom. The monoisotopic (exact) mass is 269 g/mol. The van der Waals surface area contributed by atoms with Crippen LogP contribution in [-0.2, 0) is 0 Å². The Hall–Kier alpha value is -1.67. The number of rotatable bonds is 3. The molecule has 0 fully saturated rings. The van der Waals surface area contributed by atoms with Gasteiger partial charge in [0.1, 0.15) is 4.99 Å². The minimum absolute atomic E-state index is 0.553. The zero-order valence-corrected chi connectivity index (χ0v) is 12.4. The highest BCUT2D eigenvalue weighted by Gasteiger charge is 2.03. The Morgan fingerprint density at radius 2 is 1.74 bits per heavy atom. The molecule has 2 heteroatoms. The number of aryl methyl sites for hydroxylation is 1. The summed E-state index contributed by atoms with van der Waals surface area (Å²) in [7, 11) is 0. The molecule has 1 nitrogen and oxygen atoms in total. The molecule has 0 aliphatic rings. The average Bonchev–Trinajstić information content (AvgIpc) is 2.39. The van der Waals surface area contributed by atoms with E-state index in [0.29, 0.717) is 5.92 Å². The molecule has 0 radical (unpaired) electrons. The Kier molecular flexibility index (Phi) is 4.33. The fraction of sp³-hybridized carbons (Fsp3) is 0.235. The lowest BCUT2D eigenvalue weighted by Crippen LogP contribution is -2.10. The van der Waals surface area contributed by atoms with Crippen LogP contribution in [0.4, 0.5) is 5.69 Å². The molecule has 0 amide bonds. The first-order valence-electron chi connectivity index (χ1n) is 6.54. The van der Waals surface area contributed by atoms with Gasteiger partial charge in [-0.25, -0.2) is 0 Å². The number of anilines is 1. The second kappa shape index (κ2) is 5.98. The summed E-state index contributed by atoms with van der Waals surface area (Å²) < 4.78 is 0. The van der Waals surface area contributed by atoms with Crippen molar-refractivity contribution in [2.75, 3.05) is 5.32 Å². The predicted octanol–water partition coefficient (Wildman–Crippen LogP) is 4.91. The van der Waals surface area contributed by atoms with Crippen molar-refractivity contribution in [3.63, 3.8) is 0 Å². The lowest BCUT2D eigenvalue weighted by molar-refractivity contribution is 0.867. The molecule has 2 rings (SSSR count). The molecule has 0 saturated carbocycles. The molecule has 0 unspecified atom stereocenters. The van der Waals surface area contributed by atoms with E-state index in [2.05, 4.69) is 62.5 Å². The van der Waals surface area contributed by atoms with Gasteiger partial charge in [0.15, 0.2) is 0 Å². The van der Waals surface area contributed by atoms with E-state index in [4.69, 9.17) is 12.2 Å². The fourth-order valence-electron chi connectivity index (χ4n) is 1.94. The zero-order valence-electron chi connectivity index (χ0n) is 11.6. The molecule has 1 N–H and O–H groups in total. The number of thiocarbonyl (C=S) groups is 1. The third kappa shape index (κ3) is 3.65. The van der Waals surface area contributed by atoms with Crippen molar-refractivity contribution in [1.82, 2.24) is 0 Å². The van der Waals surface area contributed by atoms with E-state index in [-0.39, 0.29) is 0 Å². The van der Waals surface area contributed by atoms with E-state index in [9.17, 15) is 0 Å². The van der Waals surface area contributed by atoms with E-state index in [1.807, 2.05) is 12.1 Å². The lowest BCUT2D eigenvalue weighted by Gasteiger charge is -2.10. The largest absolute Gasteiger partial charge is 0.346 e. The molecule has 0 aromatic heterocycles. The summed E-state index contributed by atoms with van der Waals surface area (Å²) >= 11 is 5.44. The number of hydrogen-bond donors (Lipinski definition) is 1. The number of hydrogen-bond acceptors (Lipinski definition) is 1. The van der Waals surface area contributed by atoms with E-state index >= 15 is 0 Å². The van der Waals surface area contributed by atoms with E-state index in [1.54, 1.807) is 0 Å². The quantitative estimate of drug-likeness (QED) is 0.795. The molecule has 2 aromatic carbocycles. The van der Waals surface area contributed by atoms with Gasteiger partial charge in [-0.1, -0.05) is 62.0 Å². The van der Waals surface area contributed by atoms with Crippen LogP contribution in [0.1, 0.15) is 36.5 Å². The van der Waals surface area contributed by atoms with Gasteiger partial charge in [0.2, 0.25) is 0 Å². The van der Waals surface area contributed by atoms with Gasteiger partial charge in [0.05, 0.1) is 0 Å². The molecule has 0 saturated heterocycles. The first-order valence-corrected chi connectivity index (χ1v) is 6.95. The van der Waals surface area contributed by atoms with Gasteiger partial charge in [0, 0.05) is 11.3 Å². The molecule has 0 aliphatic carbocycles. The average molecular weight is 269 g/mol. The van der Waals surface area contributed by atoms with Gasteiger partial charge in [-0.05, 0) is 36.6 Å². The van der Waals surface area contributed by atoms with Crippen LogP contribution in [0.5, 0.6) is 0 Å². The normalized spacial score (nSPS) is 10.5. The van der Waals surface area contributed by atoms with Crippen molar-refractivity contribution in [2.45, 2.75) is 26.7 Å². The van der Waals surface area contributed by atoms with Gasteiger partial charge in [0.25, 0.3) is 0 Å². The highest BCUT2D eigenvalue weighted by Crippen LogP contribution is 2.18. The molecule has 2 aromatic rings. The standard InChI is InChI=1S/C17H19NS/c1-12(2)14-7-9-16(10-8-14)18-17(19)15-6-4-5-13(3)11-15/h4-12H,1-3H3,(H,18,19). The molecule has 0 spiro atoms. The van der Waals surface area contributed by atoms with Gasteiger partial charge in [-0.3, -0.25) is 0 Å². The molecule has 0 bridgehead atoms. The van der Waals surface area contributed by atoms with E-state index < -0.39 is 0 Å². The SMILES string of the molecule is Cc1cccc(C(=S)Nc2ccc(C(C)C)cc2)c1. The van der Waals surface area contributed by atoms with Crippen LogP contribution < -0.4 is 5.32 Å².